The number of esters is 1. The van der Waals surface area contributed by atoms with Gasteiger partial charge in [-0.1, -0.05) is 89.3 Å². The minimum atomic E-state index is -0.212. The monoisotopic (exact) mass is 408 g/mol. The van der Waals surface area contributed by atoms with E-state index < -0.39 is 0 Å². The van der Waals surface area contributed by atoms with Crippen LogP contribution in [0, 0.1) is 0 Å². The van der Waals surface area contributed by atoms with Crippen LogP contribution >= 0.6 is 11.6 Å². The van der Waals surface area contributed by atoms with Gasteiger partial charge in [-0.2, -0.15) is 0 Å². The molecule has 2 nitrogen and oxygen atoms in total. The molecule has 28 heavy (non-hydrogen) atoms. The highest BCUT2D eigenvalue weighted by atomic mass is 35.5. The molecule has 3 heteroatoms. The SMILES string of the molecule is CCCCCCCCCCCCCC(CCC(C)Cl)OC(=O)c1ccccc1. The van der Waals surface area contributed by atoms with Gasteiger partial charge in [-0.3, -0.25) is 0 Å². The van der Waals surface area contributed by atoms with Gasteiger partial charge in [0.25, 0.3) is 0 Å². The van der Waals surface area contributed by atoms with Gasteiger partial charge in [-0.05, 0) is 44.7 Å². The highest BCUT2D eigenvalue weighted by Crippen LogP contribution is 2.18. The van der Waals surface area contributed by atoms with Crippen LogP contribution in [0.1, 0.15) is 114 Å². The molecule has 0 bridgehead atoms. The van der Waals surface area contributed by atoms with E-state index in [-0.39, 0.29) is 17.5 Å². The molecule has 0 fully saturated rings. The molecule has 1 rings (SSSR count). The molecule has 0 aliphatic rings. The van der Waals surface area contributed by atoms with Gasteiger partial charge >= 0.3 is 5.97 Å². The van der Waals surface area contributed by atoms with E-state index in [0.29, 0.717) is 5.56 Å². The fraction of sp³-hybridized carbons (Fsp3) is 0.720. The number of unbranched alkanes of at least 4 members (excludes halogenated alkanes) is 10. The van der Waals surface area contributed by atoms with Crippen LogP contribution in [0.5, 0.6) is 0 Å². The van der Waals surface area contributed by atoms with Crippen molar-refractivity contribution in [3.05, 3.63) is 35.9 Å². The van der Waals surface area contributed by atoms with E-state index in [0.717, 1.165) is 25.7 Å². The van der Waals surface area contributed by atoms with Crippen molar-refractivity contribution in [3.63, 3.8) is 0 Å². The van der Waals surface area contributed by atoms with Crippen molar-refractivity contribution in [2.75, 3.05) is 0 Å². The summed E-state index contributed by atoms with van der Waals surface area (Å²) in [6.45, 7) is 4.27. The van der Waals surface area contributed by atoms with Gasteiger partial charge in [0.05, 0.1) is 5.56 Å². The predicted molar refractivity (Wildman–Crippen MR) is 121 cm³/mol. The Hall–Kier alpha value is -1.02. The number of carbonyl (C=O) groups excluding carboxylic acids is 1. The third kappa shape index (κ3) is 13.2. The lowest BCUT2D eigenvalue weighted by Crippen LogP contribution is -2.19. The summed E-state index contributed by atoms with van der Waals surface area (Å²) in [5.74, 6) is -0.212. The molecule has 0 spiro atoms. The average Bonchev–Trinajstić information content (AvgIpc) is 2.70. The lowest BCUT2D eigenvalue weighted by atomic mass is 10.0. The van der Waals surface area contributed by atoms with Crippen LogP contribution in [-0.4, -0.2) is 17.5 Å². The normalized spacial score (nSPS) is 13.2. The molecule has 0 aromatic heterocycles. The highest BCUT2D eigenvalue weighted by molar-refractivity contribution is 6.20. The van der Waals surface area contributed by atoms with E-state index in [1.165, 1.54) is 64.2 Å². The Labute approximate surface area is 178 Å². The second-order valence-corrected chi connectivity index (χ2v) is 8.82. The van der Waals surface area contributed by atoms with E-state index in [2.05, 4.69) is 6.92 Å². The first-order valence-electron chi connectivity index (χ1n) is 11.5. The van der Waals surface area contributed by atoms with E-state index in [9.17, 15) is 4.79 Å². The fourth-order valence-electron chi connectivity index (χ4n) is 3.51. The largest absolute Gasteiger partial charge is 0.459 e. The molecule has 0 aliphatic heterocycles. The van der Waals surface area contributed by atoms with Gasteiger partial charge in [-0.25, -0.2) is 4.79 Å². The van der Waals surface area contributed by atoms with Crippen molar-refractivity contribution in [3.8, 4) is 0 Å². The predicted octanol–water partition coefficient (Wildman–Crippen LogP) is 8.32. The maximum atomic E-state index is 12.3. The van der Waals surface area contributed by atoms with Gasteiger partial charge in [0.1, 0.15) is 6.10 Å². The van der Waals surface area contributed by atoms with Gasteiger partial charge in [-0.15, -0.1) is 11.6 Å². The Balaban J connectivity index is 2.18. The number of hydrogen-bond acceptors (Lipinski definition) is 2. The maximum Gasteiger partial charge on any atom is 0.338 e. The van der Waals surface area contributed by atoms with Gasteiger partial charge < -0.3 is 4.74 Å². The van der Waals surface area contributed by atoms with Crippen molar-refractivity contribution in [2.24, 2.45) is 0 Å². The summed E-state index contributed by atoms with van der Waals surface area (Å²) in [6.07, 6.45) is 17.3. The van der Waals surface area contributed by atoms with E-state index in [4.69, 9.17) is 16.3 Å². The Morgan fingerprint density at radius 1 is 0.821 bits per heavy atom. The van der Waals surface area contributed by atoms with Crippen LogP contribution in [0.4, 0.5) is 0 Å². The number of carbonyl (C=O) groups is 1. The standard InChI is InChI=1S/C25H41ClO2/c1-3-4-5-6-7-8-9-10-11-12-16-19-24(21-20-22(2)26)28-25(27)23-17-14-13-15-18-23/h13-15,17-18,22,24H,3-12,16,19-21H2,1-2H3. The summed E-state index contributed by atoms with van der Waals surface area (Å²) in [6, 6.07) is 9.28. The van der Waals surface area contributed by atoms with Crippen LogP contribution in [-0.2, 0) is 4.74 Å². The lowest BCUT2D eigenvalue weighted by molar-refractivity contribution is 0.0250. The summed E-state index contributed by atoms with van der Waals surface area (Å²) >= 11 is 6.11. The number of alkyl halides is 1. The first kappa shape index (κ1) is 25.0. The van der Waals surface area contributed by atoms with Crippen LogP contribution < -0.4 is 0 Å². The van der Waals surface area contributed by atoms with Crippen LogP contribution in [0.3, 0.4) is 0 Å². The molecule has 0 saturated carbocycles. The van der Waals surface area contributed by atoms with Crippen molar-refractivity contribution >= 4 is 17.6 Å². The number of halogens is 1. The molecule has 0 saturated heterocycles. The quantitative estimate of drug-likeness (QED) is 0.147. The van der Waals surface area contributed by atoms with Gasteiger partial charge in [0.15, 0.2) is 0 Å². The van der Waals surface area contributed by atoms with Crippen LogP contribution in [0.25, 0.3) is 0 Å². The second kappa shape index (κ2) is 16.9. The van der Waals surface area contributed by atoms with Crippen LogP contribution in [0.15, 0.2) is 30.3 Å². The lowest BCUT2D eigenvalue weighted by Gasteiger charge is -2.18. The average molecular weight is 409 g/mol. The molecular weight excluding hydrogens is 368 g/mol. The molecular formula is C25H41ClO2. The maximum absolute atomic E-state index is 12.3. The zero-order chi connectivity index (χ0) is 20.5. The first-order chi connectivity index (χ1) is 13.6. The Bertz CT molecular complexity index is 487. The number of benzene rings is 1. The third-order valence-electron chi connectivity index (χ3n) is 5.30. The number of hydrogen-bond donors (Lipinski definition) is 0. The third-order valence-corrected chi connectivity index (χ3v) is 5.52. The summed E-state index contributed by atoms with van der Waals surface area (Å²) in [7, 11) is 0. The van der Waals surface area contributed by atoms with Crippen LogP contribution in [0.2, 0.25) is 0 Å². The topological polar surface area (TPSA) is 26.3 Å². The summed E-state index contributed by atoms with van der Waals surface area (Å²) in [5.41, 5.74) is 0.630. The molecule has 0 radical (unpaired) electrons. The van der Waals surface area contributed by atoms with Crippen molar-refractivity contribution in [1.29, 1.82) is 0 Å². The van der Waals surface area contributed by atoms with Gasteiger partial charge in [0, 0.05) is 5.38 Å². The fourth-order valence-corrected chi connectivity index (χ4v) is 3.63. The molecule has 0 aliphatic carbocycles. The van der Waals surface area contributed by atoms with Gasteiger partial charge in [0.2, 0.25) is 0 Å². The molecule has 2 unspecified atom stereocenters. The molecule has 0 heterocycles. The number of ether oxygens (including phenoxy) is 1. The highest BCUT2D eigenvalue weighted by Gasteiger charge is 2.16. The second-order valence-electron chi connectivity index (χ2n) is 8.08. The minimum absolute atomic E-state index is 0.0209. The van der Waals surface area contributed by atoms with E-state index >= 15 is 0 Å². The Morgan fingerprint density at radius 2 is 1.36 bits per heavy atom. The molecule has 1 aromatic carbocycles. The van der Waals surface area contributed by atoms with E-state index in [1.54, 1.807) is 0 Å². The van der Waals surface area contributed by atoms with Crippen molar-refractivity contribution < 1.29 is 9.53 Å². The smallest absolute Gasteiger partial charge is 0.338 e. The zero-order valence-corrected chi connectivity index (χ0v) is 18.9. The first-order valence-corrected chi connectivity index (χ1v) is 12.0. The summed E-state index contributed by atoms with van der Waals surface area (Å²) in [5, 5.41) is 0.121. The Morgan fingerprint density at radius 3 is 1.89 bits per heavy atom. The molecule has 160 valence electrons. The molecule has 2 atom stereocenters. The molecule has 0 amide bonds. The molecule has 1 aromatic rings. The Kier molecular flexibility index (Phi) is 15.1. The number of rotatable bonds is 17. The van der Waals surface area contributed by atoms with E-state index in [1.807, 2.05) is 37.3 Å². The summed E-state index contributed by atoms with van der Waals surface area (Å²) in [4.78, 5) is 12.3. The zero-order valence-electron chi connectivity index (χ0n) is 18.1. The minimum Gasteiger partial charge on any atom is -0.459 e. The molecule has 0 N–H and O–H groups in total. The van der Waals surface area contributed by atoms with Crippen molar-refractivity contribution in [2.45, 2.75) is 115 Å². The summed E-state index contributed by atoms with van der Waals surface area (Å²) < 4.78 is 5.78. The van der Waals surface area contributed by atoms with Crippen molar-refractivity contribution in [1.82, 2.24) is 0 Å².